The third kappa shape index (κ3) is 5.45. The number of hydrogen-bond donors (Lipinski definition) is 0. The van der Waals surface area contributed by atoms with E-state index in [9.17, 15) is 4.79 Å². The predicted molar refractivity (Wildman–Crippen MR) is 78.0 cm³/mol. The molecule has 1 amide bonds. The van der Waals surface area contributed by atoms with E-state index in [0.717, 1.165) is 44.7 Å². The van der Waals surface area contributed by atoms with Crippen LogP contribution in [0.4, 0.5) is 0 Å². The van der Waals surface area contributed by atoms with E-state index in [0.29, 0.717) is 12.3 Å². The molecule has 1 heterocycles. The number of imidazole rings is 1. The number of aromatic nitrogens is 2. The fourth-order valence-electron chi connectivity index (χ4n) is 2.29. The third-order valence-corrected chi connectivity index (χ3v) is 3.58. The summed E-state index contributed by atoms with van der Waals surface area (Å²) in [4.78, 5) is 17.9. The van der Waals surface area contributed by atoms with Gasteiger partial charge in [0.1, 0.15) is 5.82 Å². The highest BCUT2D eigenvalue weighted by atomic mass is 16.2. The lowest BCUT2D eigenvalue weighted by molar-refractivity contribution is -0.130. The first kappa shape index (κ1) is 15.7. The van der Waals surface area contributed by atoms with Crippen molar-refractivity contribution in [1.29, 1.82) is 0 Å². The number of carbonyl (C=O) groups is 1. The lowest BCUT2D eigenvalue weighted by Crippen LogP contribution is -2.30. The molecule has 19 heavy (non-hydrogen) atoms. The van der Waals surface area contributed by atoms with E-state index in [1.807, 2.05) is 38.1 Å². The SMILES string of the molecule is CCN(CC)C(=O)CCCCCCn1ccnc1C. The van der Waals surface area contributed by atoms with Gasteiger partial charge in [-0.05, 0) is 33.6 Å². The molecule has 4 nitrogen and oxygen atoms in total. The fraction of sp³-hybridized carbons (Fsp3) is 0.733. The number of rotatable bonds is 9. The maximum absolute atomic E-state index is 11.8. The Bertz CT molecular complexity index is 369. The normalized spacial score (nSPS) is 10.7. The molecule has 108 valence electrons. The van der Waals surface area contributed by atoms with Gasteiger partial charge in [0.25, 0.3) is 0 Å². The van der Waals surface area contributed by atoms with E-state index in [1.54, 1.807) is 0 Å². The van der Waals surface area contributed by atoms with Gasteiger partial charge in [0.2, 0.25) is 5.91 Å². The Morgan fingerprint density at radius 3 is 2.47 bits per heavy atom. The van der Waals surface area contributed by atoms with Crippen LogP contribution < -0.4 is 0 Å². The molecule has 0 aliphatic carbocycles. The zero-order valence-corrected chi connectivity index (χ0v) is 12.6. The average molecular weight is 265 g/mol. The van der Waals surface area contributed by atoms with Crippen LogP contribution in [0.25, 0.3) is 0 Å². The smallest absolute Gasteiger partial charge is 0.222 e. The average Bonchev–Trinajstić information content (AvgIpc) is 2.81. The minimum atomic E-state index is 0.301. The Morgan fingerprint density at radius 1 is 1.21 bits per heavy atom. The first-order chi connectivity index (χ1) is 9.19. The summed E-state index contributed by atoms with van der Waals surface area (Å²) in [6, 6.07) is 0. The monoisotopic (exact) mass is 265 g/mol. The summed E-state index contributed by atoms with van der Waals surface area (Å²) < 4.78 is 2.18. The highest BCUT2D eigenvalue weighted by Gasteiger charge is 2.08. The van der Waals surface area contributed by atoms with Crippen LogP contribution in [-0.2, 0) is 11.3 Å². The maximum atomic E-state index is 11.8. The second kappa shape index (κ2) is 8.73. The van der Waals surface area contributed by atoms with Crippen LogP contribution >= 0.6 is 0 Å². The Hall–Kier alpha value is -1.32. The van der Waals surface area contributed by atoms with Gasteiger partial charge in [-0.15, -0.1) is 0 Å². The number of carbonyl (C=O) groups excluding carboxylic acids is 1. The minimum Gasteiger partial charge on any atom is -0.343 e. The van der Waals surface area contributed by atoms with E-state index in [-0.39, 0.29) is 0 Å². The molecule has 0 atom stereocenters. The number of aryl methyl sites for hydroxylation is 2. The van der Waals surface area contributed by atoms with Crippen LogP contribution in [0.1, 0.15) is 51.8 Å². The Morgan fingerprint density at radius 2 is 1.89 bits per heavy atom. The molecule has 1 rings (SSSR count). The summed E-state index contributed by atoms with van der Waals surface area (Å²) >= 11 is 0. The van der Waals surface area contributed by atoms with Crippen molar-refractivity contribution in [1.82, 2.24) is 14.5 Å². The lowest BCUT2D eigenvalue weighted by Gasteiger charge is -2.18. The minimum absolute atomic E-state index is 0.301. The molecule has 0 bridgehead atoms. The standard InChI is InChI=1S/C15H27N3O/c1-4-17(5-2)15(19)10-8-6-7-9-12-18-13-11-16-14(18)3/h11,13H,4-10,12H2,1-3H3. The molecule has 0 saturated carbocycles. The summed E-state index contributed by atoms with van der Waals surface area (Å²) in [5, 5.41) is 0. The molecular weight excluding hydrogens is 238 g/mol. The summed E-state index contributed by atoms with van der Waals surface area (Å²) in [6.45, 7) is 8.80. The van der Waals surface area contributed by atoms with Crippen molar-refractivity contribution in [3.05, 3.63) is 18.2 Å². The molecule has 0 aliphatic heterocycles. The number of amides is 1. The van der Waals surface area contributed by atoms with Gasteiger partial charge in [-0.25, -0.2) is 4.98 Å². The molecule has 0 N–H and O–H groups in total. The second-order valence-electron chi connectivity index (χ2n) is 4.90. The molecule has 0 aliphatic rings. The second-order valence-corrected chi connectivity index (χ2v) is 4.90. The molecule has 1 aromatic heterocycles. The highest BCUT2D eigenvalue weighted by Crippen LogP contribution is 2.07. The van der Waals surface area contributed by atoms with Crippen molar-refractivity contribution in [2.45, 2.75) is 59.4 Å². The van der Waals surface area contributed by atoms with Gasteiger partial charge in [0.05, 0.1) is 0 Å². The van der Waals surface area contributed by atoms with Gasteiger partial charge >= 0.3 is 0 Å². The zero-order valence-electron chi connectivity index (χ0n) is 12.6. The molecular formula is C15H27N3O. The number of hydrogen-bond acceptors (Lipinski definition) is 2. The number of unbranched alkanes of at least 4 members (excludes halogenated alkanes) is 3. The molecule has 0 unspecified atom stereocenters. The Labute approximate surface area is 116 Å². The van der Waals surface area contributed by atoms with Gasteiger partial charge in [0, 0.05) is 38.4 Å². The Kier molecular flexibility index (Phi) is 7.23. The summed E-state index contributed by atoms with van der Waals surface area (Å²) in [6.07, 6.45) is 9.07. The van der Waals surface area contributed by atoms with Gasteiger partial charge in [0.15, 0.2) is 0 Å². The molecule has 1 aromatic rings. The van der Waals surface area contributed by atoms with Crippen molar-refractivity contribution < 1.29 is 4.79 Å². The van der Waals surface area contributed by atoms with E-state index >= 15 is 0 Å². The van der Waals surface area contributed by atoms with Gasteiger partial charge < -0.3 is 9.47 Å². The fourth-order valence-corrected chi connectivity index (χ4v) is 2.29. The van der Waals surface area contributed by atoms with Crippen molar-refractivity contribution in [2.75, 3.05) is 13.1 Å². The molecule has 0 radical (unpaired) electrons. The predicted octanol–water partition coefficient (Wildman–Crippen LogP) is 3.01. The third-order valence-electron chi connectivity index (χ3n) is 3.58. The van der Waals surface area contributed by atoms with Gasteiger partial charge in [-0.1, -0.05) is 12.8 Å². The maximum Gasteiger partial charge on any atom is 0.222 e. The van der Waals surface area contributed by atoms with Crippen molar-refractivity contribution in [3.63, 3.8) is 0 Å². The van der Waals surface area contributed by atoms with Gasteiger partial charge in [-0.3, -0.25) is 4.79 Å². The molecule has 4 heteroatoms. The van der Waals surface area contributed by atoms with E-state index in [4.69, 9.17) is 0 Å². The van der Waals surface area contributed by atoms with Crippen LogP contribution in [0.3, 0.4) is 0 Å². The van der Waals surface area contributed by atoms with Crippen molar-refractivity contribution >= 4 is 5.91 Å². The van der Waals surface area contributed by atoms with Gasteiger partial charge in [-0.2, -0.15) is 0 Å². The first-order valence-corrected chi connectivity index (χ1v) is 7.44. The van der Waals surface area contributed by atoms with Crippen LogP contribution in [0.2, 0.25) is 0 Å². The quantitative estimate of drug-likeness (QED) is 0.644. The van der Waals surface area contributed by atoms with E-state index in [1.165, 1.54) is 6.42 Å². The van der Waals surface area contributed by atoms with Crippen LogP contribution in [0.15, 0.2) is 12.4 Å². The van der Waals surface area contributed by atoms with E-state index < -0.39 is 0 Å². The summed E-state index contributed by atoms with van der Waals surface area (Å²) in [5.41, 5.74) is 0. The van der Waals surface area contributed by atoms with Crippen LogP contribution in [0.5, 0.6) is 0 Å². The summed E-state index contributed by atoms with van der Waals surface area (Å²) in [5.74, 6) is 1.38. The summed E-state index contributed by atoms with van der Waals surface area (Å²) in [7, 11) is 0. The first-order valence-electron chi connectivity index (χ1n) is 7.44. The molecule has 0 aromatic carbocycles. The van der Waals surface area contributed by atoms with Crippen LogP contribution in [0, 0.1) is 6.92 Å². The molecule has 0 spiro atoms. The lowest BCUT2D eigenvalue weighted by atomic mass is 10.1. The molecule has 0 fully saturated rings. The largest absolute Gasteiger partial charge is 0.343 e. The highest BCUT2D eigenvalue weighted by molar-refractivity contribution is 5.75. The van der Waals surface area contributed by atoms with E-state index in [2.05, 4.69) is 9.55 Å². The van der Waals surface area contributed by atoms with Crippen LogP contribution in [-0.4, -0.2) is 33.4 Å². The van der Waals surface area contributed by atoms with Crippen molar-refractivity contribution in [2.24, 2.45) is 0 Å². The topological polar surface area (TPSA) is 38.1 Å². The zero-order chi connectivity index (χ0) is 14.1. The number of nitrogens with zero attached hydrogens (tertiary/aromatic N) is 3. The Balaban J connectivity index is 2.05. The molecule has 0 saturated heterocycles. The van der Waals surface area contributed by atoms with Crippen molar-refractivity contribution in [3.8, 4) is 0 Å².